The third kappa shape index (κ3) is 3.28. The lowest BCUT2D eigenvalue weighted by Gasteiger charge is -2.07. The van der Waals surface area contributed by atoms with E-state index < -0.39 is 0 Å². The zero-order valence-corrected chi connectivity index (χ0v) is 11.2. The molecule has 0 saturated heterocycles. The summed E-state index contributed by atoms with van der Waals surface area (Å²) in [6, 6.07) is 16.5. The Morgan fingerprint density at radius 1 is 1.00 bits per heavy atom. The molecule has 3 heteroatoms. The highest BCUT2D eigenvalue weighted by molar-refractivity contribution is 7.98. The van der Waals surface area contributed by atoms with Gasteiger partial charge in [0.1, 0.15) is 5.75 Å². The third-order valence-corrected chi connectivity index (χ3v) is 3.85. The van der Waals surface area contributed by atoms with E-state index in [1.54, 1.807) is 18.9 Å². The van der Waals surface area contributed by atoms with Crippen LogP contribution in [0.4, 0.5) is 0 Å². The fraction of sp³-hybridized carbons (Fsp3) is 0.200. The molecule has 2 rings (SSSR count). The van der Waals surface area contributed by atoms with Crippen LogP contribution in [0.15, 0.2) is 53.4 Å². The quantitative estimate of drug-likeness (QED) is 0.835. The van der Waals surface area contributed by atoms with E-state index in [9.17, 15) is 0 Å². The molecule has 0 unspecified atom stereocenters. The van der Waals surface area contributed by atoms with E-state index in [4.69, 9.17) is 10.5 Å². The van der Waals surface area contributed by atoms with Crippen molar-refractivity contribution in [2.75, 3.05) is 7.11 Å². The van der Waals surface area contributed by atoms with Gasteiger partial charge in [0, 0.05) is 17.2 Å². The zero-order chi connectivity index (χ0) is 12.8. The largest absolute Gasteiger partial charge is 0.496 e. The first kappa shape index (κ1) is 13.0. The maximum atomic E-state index is 5.58. The average molecular weight is 259 g/mol. The zero-order valence-electron chi connectivity index (χ0n) is 10.4. The Morgan fingerprint density at radius 2 is 1.67 bits per heavy atom. The first-order chi connectivity index (χ1) is 8.83. The molecule has 0 aliphatic heterocycles. The summed E-state index contributed by atoms with van der Waals surface area (Å²) in [4.78, 5) is 1.17. The summed E-state index contributed by atoms with van der Waals surface area (Å²) in [6.07, 6.45) is 0. The molecule has 0 aliphatic carbocycles. The minimum absolute atomic E-state index is 0.597. The molecule has 0 atom stereocenters. The molecule has 0 spiro atoms. The SMILES string of the molecule is COc1ccccc1SCc1ccc(CN)cc1. The number of ether oxygens (including phenoxy) is 1. The average Bonchev–Trinajstić information content (AvgIpc) is 2.46. The topological polar surface area (TPSA) is 35.2 Å². The van der Waals surface area contributed by atoms with Gasteiger partial charge in [0.25, 0.3) is 0 Å². The van der Waals surface area contributed by atoms with Gasteiger partial charge in [0.15, 0.2) is 0 Å². The Morgan fingerprint density at radius 3 is 2.33 bits per heavy atom. The van der Waals surface area contributed by atoms with Crippen LogP contribution in [0.25, 0.3) is 0 Å². The van der Waals surface area contributed by atoms with Crippen LogP contribution in [-0.2, 0) is 12.3 Å². The highest BCUT2D eigenvalue weighted by atomic mass is 32.2. The van der Waals surface area contributed by atoms with Crippen LogP contribution in [0, 0.1) is 0 Å². The van der Waals surface area contributed by atoms with Gasteiger partial charge in [-0.2, -0.15) is 0 Å². The predicted molar refractivity (Wildman–Crippen MR) is 76.9 cm³/mol. The molecule has 2 aromatic carbocycles. The van der Waals surface area contributed by atoms with Crippen molar-refractivity contribution in [3.8, 4) is 5.75 Å². The van der Waals surface area contributed by atoms with Gasteiger partial charge in [-0.05, 0) is 23.3 Å². The molecule has 0 aromatic heterocycles. The molecule has 0 amide bonds. The third-order valence-electron chi connectivity index (χ3n) is 2.72. The van der Waals surface area contributed by atoms with E-state index >= 15 is 0 Å². The van der Waals surface area contributed by atoms with Crippen molar-refractivity contribution in [3.63, 3.8) is 0 Å². The van der Waals surface area contributed by atoms with E-state index in [0.29, 0.717) is 6.54 Å². The number of para-hydroxylation sites is 1. The molecule has 2 aromatic rings. The highest BCUT2D eigenvalue weighted by Gasteiger charge is 2.02. The molecule has 0 radical (unpaired) electrons. The second kappa shape index (κ2) is 6.47. The van der Waals surface area contributed by atoms with Crippen LogP contribution < -0.4 is 10.5 Å². The fourth-order valence-electron chi connectivity index (χ4n) is 1.67. The summed E-state index contributed by atoms with van der Waals surface area (Å²) in [5, 5.41) is 0. The van der Waals surface area contributed by atoms with Gasteiger partial charge in [-0.1, -0.05) is 36.4 Å². The van der Waals surface area contributed by atoms with Crippen LogP contribution in [-0.4, -0.2) is 7.11 Å². The Bertz CT molecular complexity index is 496. The number of thioether (sulfide) groups is 1. The fourth-order valence-corrected chi connectivity index (χ4v) is 2.65. The van der Waals surface area contributed by atoms with Crippen molar-refractivity contribution >= 4 is 11.8 Å². The summed E-state index contributed by atoms with van der Waals surface area (Å²) in [7, 11) is 1.70. The van der Waals surface area contributed by atoms with Gasteiger partial charge in [-0.25, -0.2) is 0 Å². The van der Waals surface area contributed by atoms with Crippen LogP contribution in [0.3, 0.4) is 0 Å². The molecular formula is C15H17NOS. The standard InChI is InChI=1S/C15H17NOS/c1-17-14-4-2-3-5-15(14)18-11-13-8-6-12(10-16)7-9-13/h2-9H,10-11,16H2,1H3. The summed E-state index contributed by atoms with van der Waals surface area (Å²) in [5.41, 5.74) is 8.04. The Balaban J connectivity index is 2.02. The molecule has 0 fully saturated rings. The van der Waals surface area contributed by atoms with Crippen molar-refractivity contribution in [2.45, 2.75) is 17.2 Å². The van der Waals surface area contributed by atoms with Crippen molar-refractivity contribution in [1.29, 1.82) is 0 Å². The molecule has 2 N–H and O–H groups in total. The number of rotatable bonds is 5. The minimum atomic E-state index is 0.597. The van der Waals surface area contributed by atoms with E-state index in [1.165, 1.54) is 16.0 Å². The van der Waals surface area contributed by atoms with E-state index in [-0.39, 0.29) is 0 Å². The summed E-state index contributed by atoms with van der Waals surface area (Å²) in [5.74, 6) is 1.87. The molecule has 2 nitrogen and oxygen atoms in total. The summed E-state index contributed by atoms with van der Waals surface area (Å²) >= 11 is 1.78. The molecule has 0 saturated carbocycles. The van der Waals surface area contributed by atoms with E-state index in [1.807, 2.05) is 18.2 Å². The van der Waals surface area contributed by atoms with Crippen molar-refractivity contribution < 1.29 is 4.74 Å². The molecule has 94 valence electrons. The number of hydrogen-bond donors (Lipinski definition) is 1. The normalized spacial score (nSPS) is 10.3. The Hall–Kier alpha value is -1.45. The first-order valence-corrected chi connectivity index (χ1v) is 6.85. The van der Waals surface area contributed by atoms with Crippen LogP contribution in [0.2, 0.25) is 0 Å². The predicted octanol–water partition coefficient (Wildman–Crippen LogP) is 3.45. The molecule has 18 heavy (non-hydrogen) atoms. The lowest BCUT2D eigenvalue weighted by molar-refractivity contribution is 0.405. The van der Waals surface area contributed by atoms with Crippen LogP contribution in [0.1, 0.15) is 11.1 Å². The smallest absolute Gasteiger partial charge is 0.132 e. The van der Waals surface area contributed by atoms with Gasteiger partial charge in [-0.15, -0.1) is 11.8 Å². The van der Waals surface area contributed by atoms with Crippen molar-refractivity contribution in [3.05, 3.63) is 59.7 Å². The summed E-state index contributed by atoms with van der Waals surface area (Å²) in [6.45, 7) is 0.597. The van der Waals surface area contributed by atoms with Gasteiger partial charge in [0.2, 0.25) is 0 Å². The summed E-state index contributed by atoms with van der Waals surface area (Å²) < 4.78 is 5.33. The minimum Gasteiger partial charge on any atom is -0.496 e. The van der Waals surface area contributed by atoms with Crippen molar-refractivity contribution in [2.24, 2.45) is 5.73 Å². The maximum absolute atomic E-state index is 5.58. The second-order valence-corrected chi connectivity index (χ2v) is 4.98. The number of benzene rings is 2. The van der Waals surface area contributed by atoms with Gasteiger partial charge in [-0.3, -0.25) is 0 Å². The van der Waals surface area contributed by atoms with Gasteiger partial charge < -0.3 is 10.5 Å². The number of hydrogen-bond acceptors (Lipinski definition) is 3. The maximum Gasteiger partial charge on any atom is 0.132 e. The van der Waals surface area contributed by atoms with Gasteiger partial charge >= 0.3 is 0 Å². The second-order valence-electron chi connectivity index (χ2n) is 3.96. The molecule has 0 bridgehead atoms. The molecular weight excluding hydrogens is 242 g/mol. The van der Waals surface area contributed by atoms with Crippen LogP contribution in [0.5, 0.6) is 5.75 Å². The van der Waals surface area contributed by atoms with E-state index in [0.717, 1.165) is 11.5 Å². The first-order valence-electron chi connectivity index (χ1n) is 5.87. The monoisotopic (exact) mass is 259 g/mol. The number of nitrogens with two attached hydrogens (primary N) is 1. The van der Waals surface area contributed by atoms with Crippen molar-refractivity contribution in [1.82, 2.24) is 0 Å². The molecule has 0 heterocycles. The number of methoxy groups -OCH3 is 1. The lowest BCUT2D eigenvalue weighted by Crippen LogP contribution is -1.95. The molecule has 0 aliphatic rings. The Labute approximate surface area is 112 Å². The van der Waals surface area contributed by atoms with Crippen LogP contribution >= 0.6 is 11.8 Å². The highest BCUT2D eigenvalue weighted by Crippen LogP contribution is 2.31. The van der Waals surface area contributed by atoms with E-state index in [2.05, 4.69) is 30.3 Å². The Kier molecular flexibility index (Phi) is 4.67. The van der Waals surface area contributed by atoms with Gasteiger partial charge in [0.05, 0.1) is 7.11 Å². The lowest BCUT2D eigenvalue weighted by atomic mass is 10.1.